The molecule has 4 aliphatic rings. The van der Waals surface area contributed by atoms with E-state index in [2.05, 4.69) is 10.2 Å². The highest BCUT2D eigenvalue weighted by Gasteiger charge is 2.44. The van der Waals surface area contributed by atoms with Crippen molar-refractivity contribution in [1.29, 1.82) is 0 Å². The van der Waals surface area contributed by atoms with E-state index in [1.54, 1.807) is 43.6 Å². The van der Waals surface area contributed by atoms with Gasteiger partial charge in [-0.05, 0) is 73.2 Å². The highest BCUT2D eigenvalue weighted by Crippen LogP contribution is 2.43. The van der Waals surface area contributed by atoms with Crippen molar-refractivity contribution in [2.45, 2.75) is 56.0 Å². The maximum atomic E-state index is 13.5. The molecular weight excluding hydrogens is 779 g/mol. The number of rotatable bonds is 11. The van der Waals surface area contributed by atoms with E-state index >= 15 is 0 Å². The number of hydrogen-bond acceptors (Lipinski definition) is 11. The van der Waals surface area contributed by atoms with Gasteiger partial charge in [0, 0.05) is 80.0 Å². The molecule has 0 radical (unpaired) electrons. The zero-order chi connectivity index (χ0) is 41.8. The zero-order valence-electron chi connectivity index (χ0n) is 33.7. The molecule has 1 atom stereocenters. The van der Waals surface area contributed by atoms with Gasteiger partial charge < -0.3 is 33.4 Å². The van der Waals surface area contributed by atoms with Crippen LogP contribution in [0.25, 0.3) is 33.0 Å². The third-order valence-electron chi connectivity index (χ3n) is 12.2. The number of amides is 4. The van der Waals surface area contributed by atoms with Crippen LogP contribution in [0, 0.1) is 0 Å². The lowest BCUT2D eigenvalue weighted by Crippen LogP contribution is -2.55. The predicted octanol–water partition coefficient (Wildman–Crippen LogP) is 5.11. The smallest absolute Gasteiger partial charge is 0.328 e. The molecule has 15 heteroatoms. The Hall–Kier alpha value is -6.42. The van der Waals surface area contributed by atoms with Gasteiger partial charge in [-0.3, -0.25) is 24.6 Å². The summed E-state index contributed by atoms with van der Waals surface area (Å²) in [7, 11) is 1.70. The lowest BCUT2D eigenvalue weighted by atomic mass is 9.87. The number of carbonyl (C=O) groups excluding carboxylic acids is 3. The molecule has 1 aliphatic carbocycles. The van der Waals surface area contributed by atoms with Crippen LogP contribution < -0.4 is 20.7 Å². The van der Waals surface area contributed by atoms with E-state index in [9.17, 15) is 24.3 Å². The number of likely N-dealkylation sites (tertiary alicyclic amines) is 1. The molecule has 312 valence electrons. The molecular formula is C46H45N7O8. The molecule has 3 saturated heterocycles. The summed E-state index contributed by atoms with van der Waals surface area (Å²) in [6.45, 7) is 2.14. The normalized spacial score (nSPS) is 18.7. The average Bonchev–Trinajstić information content (AvgIpc) is 3.95. The predicted molar refractivity (Wildman–Crippen MR) is 226 cm³/mol. The largest absolute Gasteiger partial charge is 0.458 e. The first kappa shape index (κ1) is 38.8. The number of ether oxygens (including phenoxy) is 2. The van der Waals surface area contributed by atoms with Crippen molar-refractivity contribution in [2.75, 3.05) is 49.1 Å². The Labute approximate surface area is 350 Å². The van der Waals surface area contributed by atoms with Gasteiger partial charge >= 0.3 is 6.03 Å². The molecule has 4 amide bonds. The standard InChI is InChI=1S/C46H45N7O8/c1-50-26-37(35-17-21-59-40(35)43(50)57)28-10-13-38-36(23-28)41(46(27-54,61-33-11-12-33)30-7-3-2-4-8-30)49-44(47-38)52-24-34(25-52)60-32-14-18-51(19-15-32)42(56)29-6-5-9-31(22-29)53-20-16-39(55)48-45(53)58/h2-10,13,17,21-23,26,32-34,54H,11-12,14-16,18-20,24-25,27H2,1H3,(H,48,55,58). The monoisotopic (exact) mass is 823 g/mol. The minimum absolute atomic E-state index is 0.0187. The van der Waals surface area contributed by atoms with Crippen molar-refractivity contribution in [3.63, 3.8) is 0 Å². The topological polar surface area (TPSA) is 173 Å². The summed E-state index contributed by atoms with van der Waals surface area (Å²) in [5.74, 6) is 0.0988. The van der Waals surface area contributed by atoms with Crippen molar-refractivity contribution in [2.24, 2.45) is 7.05 Å². The Kier molecular flexibility index (Phi) is 9.89. The first-order valence-electron chi connectivity index (χ1n) is 20.8. The van der Waals surface area contributed by atoms with E-state index in [0.29, 0.717) is 72.8 Å². The van der Waals surface area contributed by atoms with Crippen LogP contribution in [0.3, 0.4) is 0 Å². The second-order valence-electron chi connectivity index (χ2n) is 16.4. The molecule has 3 aromatic carbocycles. The lowest BCUT2D eigenvalue weighted by Gasteiger charge is -2.43. The van der Waals surface area contributed by atoms with Gasteiger partial charge in [0.1, 0.15) is 0 Å². The van der Waals surface area contributed by atoms with Gasteiger partial charge in [-0.25, -0.2) is 14.8 Å². The number of imide groups is 1. The number of urea groups is 1. The van der Waals surface area contributed by atoms with Crippen LogP contribution in [0.4, 0.5) is 16.4 Å². The number of carbonyl (C=O) groups is 3. The fourth-order valence-corrected chi connectivity index (χ4v) is 8.73. The number of furan rings is 1. The fourth-order valence-electron chi connectivity index (χ4n) is 8.73. The Bertz CT molecular complexity index is 2740. The highest BCUT2D eigenvalue weighted by atomic mass is 16.5. The maximum Gasteiger partial charge on any atom is 0.328 e. The van der Waals surface area contributed by atoms with E-state index < -0.39 is 11.6 Å². The van der Waals surface area contributed by atoms with Gasteiger partial charge in [-0.15, -0.1) is 0 Å². The lowest BCUT2D eigenvalue weighted by molar-refractivity contribution is -0.120. The summed E-state index contributed by atoms with van der Waals surface area (Å²) >= 11 is 0. The van der Waals surface area contributed by atoms with E-state index in [1.807, 2.05) is 53.4 Å². The van der Waals surface area contributed by atoms with Crippen molar-refractivity contribution in [3.8, 4) is 11.1 Å². The minimum atomic E-state index is -1.28. The number of anilines is 2. The average molecular weight is 824 g/mol. The van der Waals surface area contributed by atoms with Crippen molar-refractivity contribution in [3.05, 3.63) is 118 Å². The van der Waals surface area contributed by atoms with Crippen LogP contribution in [0.5, 0.6) is 0 Å². The molecule has 61 heavy (non-hydrogen) atoms. The first-order chi connectivity index (χ1) is 29.7. The molecule has 10 rings (SSSR count). The quantitative estimate of drug-likeness (QED) is 0.178. The molecule has 15 nitrogen and oxygen atoms in total. The second kappa shape index (κ2) is 15.6. The second-order valence-corrected chi connectivity index (χ2v) is 16.4. The molecule has 4 fully saturated rings. The first-order valence-corrected chi connectivity index (χ1v) is 20.8. The van der Waals surface area contributed by atoms with Gasteiger partial charge in [-0.2, -0.15) is 0 Å². The number of pyridine rings is 1. The SMILES string of the molecule is Cn1cc(-c2ccc3nc(N4CC(OC5CCN(C(=O)c6cccc(N7CCC(=O)NC7=O)c6)CC5)C4)nc(C(CO)(OC4CC4)c4ccccc4)c3c2)c2ccoc2c1=O. The molecule has 1 saturated carbocycles. The molecule has 6 heterocycles. The third kappa shape index (κ3) is 7.21. The third-order valence-corrected chi connectivity index (χ3v) is 12.2. The summed E-state index contributed by atoms with van der Waals surface area (Å²) in [5.41, 5.74) is 3.53. The summed E-state index contributed by atoms with van der Waals surface area (Å²) in [6, 6.07) is 23.9. The highest BCUT2D eigenvalue weighted by molar-refractivity contribution is 6.06. The van der Waals surface area contributed by atoms with Gasteiger partial charge in [-0.1, -0.05) is 42.5 Å². The van der Waals surface area contributed by atoms with Crippen LogP contribution in [-0.4, -0.2) is 100 Å². The fraction of sp³-hybridized carbons (Fsp3) is 0.348. The summed E-state index contributed by atoms with van der Waals surface area (Å²) in [5, 5.41) is 15.1. The Morgan fingerprint density at radius 3 is 2.44 bits per heavy atom. The van der Waals surface area contributed by atoms with E-state index in [1.165, 1.54) is 15.7 Å². The summed E-state index contributed by atoms with van der Waals surface area (Å²) in [4.78, 5) is 66.1. The van der Waals surface area contributed by atoms with Crippen LogP contribution in [0.15, 0.2) is 101 Å². The van der Waals surface area contributed by atoms with Crippen molar-refractivity contribution in [1.82, 2.24) is 24.8 Å². The van der Waals surface area contributed by atoms with Crippen LogP contribution >= 0.6 is 0 Å². The van der Waals surface area contributed by atoms with Crippen LogP contribution in [-0.2, 0) is 26.9 Å². The molecule has 6 aromatic rings. The molecule has 0 spiro atoms. The minimum Gasteiger partial charge on any atom is -0.458 e. The number of nitrogens with zero attached hydrogens (tertiary/aromatic N) is 6. The number of aromatic nitrogens is 3. The molecule has 0 bridgehead atoms. The van der Waals surface area contributed by atoms with Gasteiger partial charge in [0.25, 0.3) is 11.5 Å². The van der Waals surface area contributed by atoms with Crippen molar-refractivity contribution < 1.29 is 33.4 Å². The Morgan fingerprint density at radius 1 is 0.885 bits per heavy atom. The van der Waals surface area contributed by atoms with Crippen molar-refractivity contribution >= 4 is 51.4 Å². The maximum absolute atomic E-state index is 13.5. The zero-order valence-corrected chi connectivity index (χ0v) is 33.7. The number of aliphatic hydroxyl groups excluding tert-OH is 1. The number of benzene rings is 3. The molecule has 2 N–H and O–H groups in total. The van der Waals surface area contributed by atoms with E-state index in [-0.39, 0.29) is 60.8 Å². The van der Waals surface area contributed by atoms with E-state index in [4.69, 9.17) is 23.9 Å². The number of nitrogens with one attached hydrogen (secondary N) is 1. The molecule has 3 aromatic heterocycles. The Balaban J connectivity index is 0.879. The molecule has 1 unspecified atom stereocenters. The van der Waals surface area contributed by atoms with Gasteiger partial charge in [0.2, 0.25) is 11.9 Å². The van der Waals surface area contributed by atoms with Gasteiger partial charge in [0.05, 0.1) is 42.4 Å². The Morgan fingerprint density at radius 2 is 1.69 bits per heavy atom. The van der Waals surface area contributed by atoms with E-state index in [0.717, 1.165) is 34.9 Å². The van der Waals surface area contributed by atoms with Gasteiger partial charge in [0.15, 0.2) is 11.2 Å². The van der Waals surface area contributed by atoms with Crippen LogP contribution in [0.2, 0.25) is 0 Å². The van der Waals surface area contributed by atoms with Crippen LogP contribution in [0.1, 0.15) is 53.7 Å². The number of fused-ring (bicyclic) bond motifs is 2. The number of aliphatic hydroxyl groups is 1. The number of hydrogen-bond donors (Lipinski definition) is 2. The summed E-state index contributed by atoms with van der Waals surface area (Å²) < 4.78 is 20.5. The number of aryl methyl sites for hydroxylation is 1. The summed E-state index contributed by atoms with van der Waals surface area (Å²) in [6.07, 6.45) is 6.59. The molecule has 3 aliphatic heterocycles. The number of piperidine rings is 1.